The number of anilines is 1. The molecule has 1 N–H and O–H groups in total. The summed E-state index contributed by atoms with van der Waals surface area (Å²) in [6, 6.07) is 7.78. The van der Waals surface area contributed by atoms with E-state index in [9.17, 15) is 18.5 Å². The van der Waals surface area contributed by atoms with Crippen LogP contribution in [0.2, 0.25) is 5.02 Å². The van der Waals surface area contributed by atoms with Gasteiger partial charge in [-0.25, -0.2) is 8.42 Å². The van der Waals surface area contributed by atoms with Crippen molar-refractivity contribution < 1.29 is 18.1 Å². The summed E-state index contributed by atoms with van der Waals surface area (Å²) < 4.78 is 32.3. The molecule has 0 radical (unpaired) electrons. The van der Waals surface area contributed by atoms with E-state index in [0.717, 1.165) is 6.07 Å². The number of methoxy groups -OCH3 is 1. The van der Waals surface area contributed by atoms with Crippen molar-refractivity contribution in [2.45, 2.75) is 11.8 Å². The molecule has 0 heterocycles. The maximum atomic E-state index is 12.4. The lowest BCUT2D eigenvalue weighted by molar-refractivity contribution is -0.385. The number of nitrogens with zero attached hydrogens (tertiary/aromatic N) is 1. The van der Waals surface area contributed by atoms with Gasteiger partial charge in [0.2, 0.25) is 0 Å². The topological polar surface area (TPSA) is 98.5 Å². The number of nitro groups is 1. The normalized spacial score (nSPS) is 11.1. The van der Waals surface area contributed by atoms with Gasteiger partial charge in [0.15, 0.2) is 0 Å². The summed E-state index contributed by atoms with van der Waals surface area (Å²) >= 11 is 5.98. The predicted molar refractivity (Wildman–Crippen MR) is 86.6 cm³/mol. The minimum absolute atomic E-state index is 0.195. The summed E-state index contributed by atoms with van der Waals surface area (Å²) in [4.78, 5) is 9.90. The van der Waals surface area contributed by atoms with Crippen LogP contribution in [0.5, 0.6) is 5.75 Å². The fourth-order valence-electron chi connectivity index (χ4n) is 1.88. The molecule has 0 amide bonds. The van der Waals surface area contributed by atoms with E-state index >= 15 is 0 Å². The number of hydrogen-bond donors (Lipinski definition) is 1. The molecular weight excluding hydrogens is 344 g/mol. The number of non-ortho nitro benzene ring substituents is 1. The molecule has 0 unspecified atom stereocenters. The lowest BCUT2D eigenvalue weighted by atomic mass is 10.2. The third kappa shape index (κ3) is 3.72. The van der Waals surface area contributed by atoms with Crippen molar-refractivity contribution in [3.8, 4) is 5.75 Å². The molecule has 0 atom stereocenters. The third-order valence-corrected chi connectivity index (χ3v) is 4.83. The Hall–Kier alpha value is -2.32. The molecule has 0 aliphatic heterocycles. The quantitative estimate of drug-likeness (QED) is 0.654. The lowest BCUT2D eigenvalue weighted by Crippen LogP contribution is -2.14. The summed E-state index contributed by atoms with van der Waals surface area (Å²) in [6.07, 6.45) is 0. The summed E-state index contributed by atoms with van der Waals surface area (Å²) in [5.41, 5.74) is 0.539. The summed E-state index contributed by atoms with van der Waals surface area (Å²) in [6.45, 7) is 1.72. The van der Waals surface area contributed by atoms with Crippen LogP contribution < -0.4 is 9.46 Å². The van der Waals surface area contributed by atoms with Crippen molar-refractivity contribution in [3.05, 3.63) is 57.1 Å². The van der Waals surface area contributed by atoms with Gasteiger partial charge in [-0.15, -0.1) is 0 Å². The molecule has 23 heavy (non-hydrogen) atoms. The van der Waals surface area contributed by atoms with E-state index in [2.05, 4.69) is 4.72 Å². The second-order valence-corrected chi connectivity index (χ2v) is 6.75. The minimum atomic E-state index is -4.01. The standard InChI is InChI=1S/C14H13ClN2O5S/c1-9-6-13(14(22-2)8-12(9)15)16-23(20,21)11-5-3-4-10(7-11)17(18)19/h3-8,16H,1-2H3. The maximum absolute atomic E-state index is 12.4. The van der Waals surface area contributed by atoms with Gasteiger partial charge >= 0.3 is 0 Å². The van der Waals surface area contributed by atoms with E-state index in [4.69, 9.17) is 16.3 Å². The van der Waals surface area contributed by atoms with Crippen molar-refractivity contribution in [1.29, 1.82) is 0 Å². The van der Waals surface area contributed by atoms with Gasteiger partial charge in [-0.1, -0.05) is 17.7 Å². The number of nitro benzene ring substituents is 1. The van der Waals surface area contributed by atoms with Gasteiger partial charge in [0.05, 0.1) is 22.6 Å². The van der Waals surface area contributed by atoms with E-state index in [1.807, 2.05) is 0 Å². The molecule has 9 heteroatoms. The third-order valence-electron chi connectivity index (χ3n) is 3.06. The molecule has 0 saturated heterocycles. The van der Waals surface area contributed by atoms with E-state index in [-0.39, 0.29) is 22.0 Å². The molecule has 2 aromatic rings. The first-order chi connectivity index (χ1) is 10.7. The van der Waals surface area contributed by atoms with Crippen LogP contribution in [0.25, 0.3) is 0 Å². The smallest absolute Gasteiger partial charge is 0.270 e. The van der Waals surface area contributed by atoms with Gasteiger partial charge in [-0.2, -0.15) is 0 Å². The fraction of sp³-hybridized carbons (Fsp3) is 0.143. The van der Waals surface area contributed by atoms with E-state index < -0.39 is 14.9 Å². The Kier molecular flexibility index (Phi) is 4.76. The molecule has 0 fully saturated rings. The molecule has 0 spiro atoms. The Labute approximate surface area is 138 Å². The Morgan fingerprint density at radius 1 is 1.26 bits per heavy atom. The molecule has 2 rings (SSSR count). The number of ether oxygens (including phenoxy) is 1. The SMILES string of the molecule is COc1cc(Cl)c(C)cc1NS(=O)(=O)c1cccc([N+](=O)[O-])c1. The number of sulfonamides is 1. The van der Waals surface area contributed by atoms with Gasteiger partial charge in [-0.05, 0) is 24.6 Å². The highest BCUT2D eigenvalue weighted by Crippen LogP contribution is 2.32. The first kappa shape index (κ1) is 17.0. The number of aryl methyl sites for hydroxylation is 1. The maximum Gasteiger partial charge on any atom is 0.270 e. The fourth-order valence-corrected chi connectivity index (χ4v) is 3.13. The Bertz CT molecular complexity index is 867. The molecule has 0 aliphatic rings. The van der Waals surface area contributed by atoms with Crippen molar-refractivity contribution in [3.63, 3.8) is 0 Å². The largest absolute Gasteiger partial charge is 0.495 e. The van der Waals surface area contributed by atoms with Crippen LogP contribution in [0.15, 0.2) is 41.3 Å². The van der Waals surface area contributed by atoms with E-state index in [0.29, 0.717) is 10.6 Å². The van der Waals surface area contributed by atoms with Crippen LogP contribution >= 0.6 is 11.6 Å². The van der Waals surface area contributed by atoms with Crippen molar-refractivity contribution in [2.75, 3.05) is 11.8 Å². The molecule has 2 aromatic carbocycles. The van der Waals surface area contributed by atoms with Crippen LogP contribution in [0, 0.1) is 17.0 Å². The number of benzene rings is 2. The first-order valence-corrected chi connectivity index (χ1v) is 8.22. The second-order valence-electron chi connectivity index (χ2n) is 4.66. The van der Waals surface area contributed by atoms with Gasteiger partial charge in [0.1, 0.15) is 5.75 Å². The molecule has 7 nitrogen and oxygen atoms in total. The van der Waals surface area contributed by atoms with Gasteiger partial charge in [0, 0.05) is 23.2 Å². The van der Waals surface area contributed by atoms with Gasteiger partial charge in [0.25, 0.3) is 15.7 Å². The molecule has 0 aliphatic carbocycles. The molecular formula is C14H13ClN2O5S. The van der Waals surface area contributed by atoms with Crippen LogP contribution in [0.1, 0.15) is 5.56 Å². The van der Waals surface area contributed by atoms with Crippen LogP contribution in [-0.4, -0.2) is 20.5 Å². The van der Waals surface area contributed by atoms with Crippen LogP contribution in [0.3, 0.4) is 0 Å². The zero-order chi connectivity index (χ0) is 17.2. The average Bonchev–Trinajstić information content (AvgIpc) is 2.50. The first-order valence-electron chi connectivity index (χ1n) is 6.36. The predicted octanol–water partition coefficient (Wildman–Crippen LogP) is 3.37. The Balaban J connectivity index is 2.45. The zero-order valence-corrected chi connectivity index (χ0v) is 13.8. The van der Waals surface area contributed by atoms with Crippen molar-refractivity contribution in [2.24, 2.45) is 0 Å². The van der Waals surface area contributed by atoms with E-state index in [1.54, 1.807) is 6.92 Å². The zero-order valence-electron chi connectivity index (χ0n) is 12.2. The van der Waals surface area contributed by atoms with Crippen LogP contribution in [0.4, 0.5) is 11.4 Å². The Morgan fingerprint density at radius 3 is 2.57 bits per heavy atom. The minimum Gasteiger partial charge on any atom is -0.495 e. The second kappa shape index (κ2) is 6.43. The van der Waals surface area contributed by atoms with Gasteiger partial charge in [-0.3, -0.25) is 14.8 Å². The molecule has 0 aromatic heterocycles. The van der Waals surface area contributed by atoms with Gasteiger partial charge < -0.3 is 4.74 Å². The number of halogens is 1. The lowest BCUT2D eigenvalue weighted by Gasteiger charge is -2.13. The van der Waals surface area contributed by atoms with E-state index in [1.165, 1.54) is 37.4 Å². The van der Waals surface area contributed by atoms with Crippen molar-refractivity contribution >= 4 is 33.0 Å². The summed E-state index contributed by atoms with van der Waals surface area (Å²) in [5, 5.41) is 11.2. The van der Waals surface area contributed by atoms with Crippen LogP contribution in [-0.2, 0) is 10.0 Å². The summed E-state index contributed by atoms with van der Waals surface area (Å²) in [5.74, 6) is 0.245. The highest BCUT2D eigenvalue weighted by Gasteiger charge is 2.20. The number of nitrogens with one attached hydrogen (secondary N) is 1. The average molecular weight is 357 g/mol. The number of hydrogen-bond acceptors (Lipinski definition) is 5. The molecule has 0 saturated carbocycles. The highest BCUT2D eigenvalue weighted by atomic mass is 35.5. The van der Waals surface area contributed by atoms with Crippen molar-refractivity contribution in [1.82, 2.24) is 0 Å². The number of rotatable bonds is 5. The Morgan fingerprint density at radius 2 is 1.96 bits per heavy atom. The molecule has 122 valence electrons. The summed E-state index contributed by atoms with van der Waals surface area (Å²) in [7, 11) is -2.63. The monoisotopic (exact) mass is 356 g/mol. The highest BCUT2D eigenvalue weighted by molar-refractivity contribution is 7.92. The molecule has 0 bridgehead atoms.